The fraction of sp³-hybridized carbons (Fsp3) is 0.522. The van der Waals surface area contributed by atoms with Gasteiger partial charge in [-0.3, -0.25) is 19.4 Å². The maximum atomic E-state index is 12.8. The molecule has 4 heterocycles. The van der Waals surface area contributed by atoms with E-state index in [0.717, 1.165) is 25.0 Å². The Morgan fingerprint density at radius 1 is 1.23 bits per heavy atom. The number of carbonyl (C=O) groups excluding carboxylic acids is 2. The Hall–Kier alpha value is -3.03. The van der Waals surface area contributed by atoms with Crippen molar-refractivity contribution in [3.63, 3.8) is 0 Å². The molecule has 1 saturated heterocycles. The average molecular weight is 424 g/mol. The molecule has 8 nitrogen and oxygen atoms in total. The van der Waals surface area contributed by atoms with E-state index in [0.29, 0.717) is 43.0 Å². The van der Waals surface area contributed by atoms with Crippen LogP contribution >= 0.6 is 0 Å². The van der Waals surface area contributed by atoms with Crippen LogP contribution in [-0.2, 0) is 17.8 Å². The molecule has 8 heteroatoms. The SMILES string of the molecule is CC[C@H](C)C(=O)N1CCC(c2nc3c(c(=O)[nH]2)CN(C(=O)c2cccnc2)CC3)CC1. The Morgan fingerprint density at radius 2 is 2.00 bits per heavy atom. The second-order valence-electron chi connectivity index (χ2n) is 8.50. The van der Waals surface area contributed by atoms with Gasteiger partial charge in [0.1, 0.15) is 5.82 Å². The summed E-state index contributed by atoms with van der Waals surface area (Å²) in [5.74, 6) is 1.00. The zero-order valence-corrected chi connectivity index (χ0v) is 18.1. The molecule has 0 radical (unpaired) electrons. The molecule has 4 rings (SSSR count). The molecule has 2 aromatic heterocycles. The fourth-order valence-corrected chi connectivity index (χ4v) is 4.34. The van der Waals surface area contributed by atoms with Gasteiger partial charge in [-0.2, -0.15) is 0 Å². The summed E-state index contributed by atoms with van der Waals surface area (Å²) in [6.07, 6.45) is 6.18. The van der Waals surface area contributed by atoms with Gasteiger partial charge in [-0.05, 0) is 31.4 Å². The van der Waals surface area contributed by atoms with E-state index in [1.54, 1.807) is 29.4 Å². The molecule has 1 fully saturated rings. The lowest BCUT2D eigenvalue weighted by molar-refractivity contribution is -0.136. The van der Waals surface area contributed by atoms with Gasteiger partial charge in [0.2, 0.25) is 5.91 Å². The summed E-state index contributed by atoms with van der Waals surface area (Å²) >= 11 is 0. The molecule has 2 amide bonds. The van der Waals surface area contributed by atoms with Crippen LogP contribution in [0.2, 0.25) is 0 Å². The minimum absolute atomic E-state index is 0.0514. The van der Waals surface area contributed by atoms with Crippen LogP contribution in [0.5, 0.6) is 0 Å². The number of fused-ring (bicyclic) bond motifs is 1. The molecule has 2 aromatic rings. The number of piperidine rings is 1. The van der Waals surface area contributed by atoms with Gasteiger partial charge >= 0.3 is 0 Å². The first-order valence-electron chi connectivity index (χ1n) is 11.1. The van der Waals surface area contributed by atoms with E-state index in [4.69, 9.17) is 4.98 Å². The van der Waals surface area contributed by atoms with Crippen LogP contribution in [-0.4, -0.2) is 56.2 Å². The molecule has 1 N–H and O–H groups in total. The molecular formula is C23H29N5O3. The highest BCUT2D eigenvalue weighted by atomic mass is 16.2. The first-order valence-corrected chi connectivity index (χ1v) is 11.1. The smallest absolute Gasteiger partial charge is 0.256 e. The lowest BCUT2D eigenvalue weighted by Gasteiger charge is -2.33. The molecule has 0 saturated carbocycles. The zero-order valence-electron chi connectivity index (χ0n) is 18.1. The Labute approximate surface area is 181 Å². The van der Waals surface area contributed by atoms with Gasteiger partial charge in [0, 0.05) is 50.3 Å². The molecule has 2 aliphatic rings. The Kier molecular flexibility index (Phi) is 6.15. The van der Waals surface area contributed by atoms with Crippen LogP contribution in [0.1, 0.15) is 66.5 Å². The molecule has 0 aromatic carbocycles. The number of pyridine rings is 1. The van der Waals surface area contributed by atoms with Crippen molar-refractivity contribution >= 4 is 11.8 Å². The number of carbonyl (C=O) groups is 2. The van der Waals surface area contributed by atoms with Crippen molar-refractivity contribution in [2.75, 3.05) is 19.6 Å². The number of nitrogens with zero attached hydrogens (tertiary/aromatic N) is 4. The molecule has 0 unspecified atom stereocenters. The van der Waals surface area contributed by atoms with Crippen molar-refractivity contribution in [3.8, 4) is 0 Å². The van der Waals surface area contributed by atoms with Crippen LogP contribution in [0, 0.1) is 5.92 Å². The highest BCUT2D eigenvalue weighted by Crippen LogP contribution is 2.27. The minimum atomic E-state index is -0.165. The van der Waals surface area contributed by atoms with Gasteiger partial charge < -0.3 is 14.8 Å². The number of likely N-dealkylation sites (tertiary alicyclic amines) is 1. The highest BCUT2D eigenvalue weighted by molar-refractivity contribution is 5.94. The third-order valence-corrected chi connectivity index (χ3v) is 6.51. The van der Waals surface area contributed by atoms with E-state index in [-0.39, 0.29) is 35.8 Å². The molecule has 0 bridgehead atoms. The number of amides is 2. The maximum Gasteiger partial charge on any atom is 0.256 e. The minimum Gasteiger partial charge on any atom is -0.342 e. The summed E-state index contributed by atoms with van der Waals surface area (Å²) in [4.78, 5) is 53.3. The average Bonchev–Trinajstić information content (AvgIpc) is 2.83. The largest absolute Gasteiger partial charge is 0.342 e. The number of nitrogens with one attached hydrogen (secondary N) is 1. The Balaban J connectivity index is 1.45. The maximum absolute atomic E-state index is 12.8. The first-order chi connectivity index (χ1) is 15.0. The molecular weight excluding hydrogens is 394 g/mol. The molecule has 0 aliphatic carbocycles. The summed E-state index contributed by atoms with van der Waals surface area (Å²) in [7, 11) is 0. The van der Waals surface area contributed by atoms with E-state index >= 15 is 0 Å². The summed E-state index contributed by atoms with van der Waals surface area (Å²) < 4.78 is 0. The second-order valence-corrected chi connectivity index (χ2v) is 8.50. The van der Waals surface area contributed by atoms with E-state index in [9.17, 15) is 14.4 Å². The summed E-state index contributed by atoms with van der Waals surface area (Å²) in [6.45, 7) is 6.18. The van der Waals surface area contributed by atoms with Gasteiger partial charge in [-0.1, -0.05) is 13.8 Å². The van der Waals surface area contributed by atoms with Crippen LogP contribution in [0.15, 0.2) is 29.3 Å². The zero-order chi connectivity index (χ0) is 22.0. The second kappa shape index (κ2) is 8.99. The third-order valence-electron chi connectivity index (χ3n) is 6.51. The number of H-pyrrole nitrogens is 1. The normalized spacial score (nSPS) is 17.9. The van der Waals surface area contributed by atoms with Crippen LogP contribution in [0.4, 0.5) is 0 Å². The Bertz CT molecular complexity index is 1010. The lowest BCUT2D eigenvalue weighted by Crippen LogP contribution is -2.42. The highest BCUT2D eigenvalue weighted by Gasteiger charge is 2.30. The van der Waals surface area contributed by atoms with Crippen molar-refractivity contribution in [3.05, 3.63) is 57.5 Å². The van der Waals surface area contributed by atoms with Crippen LogP contribution < -0.4 is 5.56 Å². The van der Waals surface area contributed by atoms with Gasteiger partial charge in [0.15, 0.2) is 0 Å². The number of aromatic nitrogens is 3. The van der Waals surface area contributed by atoms with E-state index in [1.165, 1.54) is 0 Å². The van der Waals surface area contributed by atoms with E-state index in [2.05, 4.69) is 9.97 Å². The predicted octanol–water partition coefficient (Wildman–Crippen LogP) is 2.12. The van der Waals surface area contributed by atoms with Crippen molar-refractivity contribution in [2.45, 2.75) is 52.0 Å². The summed E-state index contributed by atoms with van der Waals surface area (Å²) in [5, 5.41) is 0. The van der Waals surface area contributed by atoms with Crippen molar-refractivity contribution in [1.82, 2.24) is 24.8 Å². The quantitative estimate of drug-likeness (QED) is 0.812. The van der Waals surface area contributed by atoms with Crippen molar-refractivity contribution in [1.29, 1.82) is 0 Å². The summed E-state index contributed by atoms with van der Waals surface area (Å²) in [6, 6.07) is 3.46. The number of rotatable bonds is 4. The van der Waals surface area contributed by atoms with Crippen molar-refractivity contribution < 1.29 is 9.59 Å². The van der Waals surface area contributed by atoms with Crippen LogP contribution in [0.25, 0.3) is 0 Å². The van der Waals surface area contributed by atoms with E-state index in [1.807, 2.05) is 18.7 Å². The third kappa shape index (κ3) is 4.38. The Morgan fingerprint density at radius 3 is 2.68 bits per heavy atom. The number of hydrogen-bond acceptors (Lipinski definition) is 5. The number of hydrogen-bond donors (Lipinski definition) is 1. The number of aromatic amines is 1. The van der Waals surface area contributed by atoms with Crippen molar-refractivity contribution in [2.24, 2.45) is 5.92 Å². The molecule has 164 valence electrons. The topological polar surface area (TPSA) is 99.3 Å². The van der Waals surface area contributed by atoms with Crippen LogP contribution in [0.3, 0.4) is 0 Å². The molecule has 1 atom stereocenters. The van der Waals surface area contributed by atoms with Gasteiger partial charge in [0.25, 0.3) is 11.5 Å². The van der Waals surface area contributed by atoms with Gasteiger partial charge in [-0.25, -0.2) is 4.98 Å². The summed E-state index contributed by atoms with van der Waals surface area (Å²) in [5.41, 5.74) is 1.70. The molecule has 0 spiro atoms. The first kappa shape index (κ1) is 21.2. The predicted molar refractivity (Wildman–Crippen MR) is 116 cm³/mol. The van der Waals surface area contributed by atoms with Gasteiger partial charge in [0.05, 0.1) is 23.4 Å². The fourth-order valence-electron chi connectivity index (χ4n) is 4.34. The lowest BCUT2D eigenvalue weighted by atomic mass is 9.94. The standard InChI is InChI=1S/C23H29N5O3/c1-3-15(2)22(30)27-10-6-16(7-11-27)20-25-19-8-12-28(14-18(19)21(29)26-20)23(31)17-5-4-9-24-13-17/h4-5,9,13,15-16H,3,6-8,10-12,14H2,1-2H3,(H,25,26,29)/t15-/m0/s1. The molecule has 2 aliphatic heterocycles. The molecule has 31 heavy (non-hydrogen) atoms. The van der Waals surface area contributed by atoms with E-state index < -0.39 is 0 Å². The van der Waals surface area contributed by atoms with Gasteiger partial charge in [-0.15, -0.1) is 0 Å². The monoisotopic (exact) mass is 423 g/mol.